The molecule has 0 radical (unpaired) electrons. The Balaban J connectivity index is 2.66. The van der Waals surface area contributed by atoms with Gasteiger partial charge in [-0.1, -0.05) is 32.0 Å². The van der Waals surface area contributed by atoms with Crippen LogP contribution in [0.1, 0.15) is 39.7 Å². The zero-order valence-corrected chi connectivity index (χ0v) is 12.6. The van der Waals surface area contributed by atoms with Gasteiger partial charge in [0.05, 0.1) is 12.7 Å². The second-order valence-electron chi connectivity index (χ2n) is 5.34. The number of hydrogen-bond donors (Lipinski definition) is 2. The number of nitrogens with one attached hydrogen (secondary N) is 1. The Morgan fingerprint density at radius 2 is 2.00 bits per heavy atom. The minimum absolute atomic E-state index is 0.0592. The number of aryl methyl sites for hydroxylation is 1. The van der Waals surface area contributed by atoms with Crippen molar-refractivity contribution in [1.29, 1.82) is 0 Å². The molecule has 0 saturated carbocycles. The second kappa shape index (κ2) is 7.51. The van der Waals surface area contributed by atoms with Crippen LogP contribution in [0.4, 0.5) is 0 Å². The molecule has 0 fully saturated rings. The van der Waals surface area contributed by atoms with Crippen molar-refractivity contribution in [2.75, 3.05) is 13.2 Å². The van der Waals surface area contributed by atoms with Crippen LogP contribution in [0.2, 0.25) is 0 Å². The van der Waals surface area contributed by atoms with E-state index in [1.807, 2.05) is 32.0 Å². The van der Waals surface area contributed by atoms with E-state index in [0.29, 0.717) is 0 Å². The van der Waals surface area contributed by atoms with Crippen molar-refractivity contribution in [3.8, 4) is 5.75 Å². The number of aliphatic hydroxyl groups is 1. The Hall–Kier alpha value is -1.06. The summed E-state index contributed by atoms with van der Waals surface area (Å²) >= 11 is 0. The minimum atomic E-state index is -0.282. The van der Waals surface area contributed by atoms with Crippen molar-refractivity contribution in [1.82, 2.24) is 5.32 Å². The number of rotatable bonds is 8. The molecule has 0 bridgehead atoms. The van der Waals surface area contributed by atoms with Gasteiger partial charge in [0.1, 0.15) is 5.75 Å². The van der Waals surface area contributed by atoms with Gasteiger partial charge < -0.3 is 15.2 Å². The van der Waals surface area contributed by atoms with Gasteiger partial charge in [0.15, 0.2) is 0 Å². The molecule has 1 aromatic carbocycles. The number of likely N-dealkylation sites (N-methyl/N-ethyl adjacent to an activating group) is 1. The summed E-state index contributed by atoms with van der Waals surface area (Å²) < 4.78 is 6.03. The third-order valence-corrected chi connectivity index (χ3v) is 3.37. The van der Waals surface area contributed by atoms with Crippen molar-refractivity contribution >= 4 is 0 Å². The average Bonchev–Trinajstić information content (AvgIpc) is 2.39. The van der Waals surface area contributed by atoms with Crippen LogP contribution in [0.5, 0.6) is 5.75 Å². The molecule has 0 saturated heterocycles. The zero-order valence-electron chi connectivity index (χ0n) is 12.6. The first-order valence-corrected chi connectivity index (χ1v) is 7.15. The van der Waals surface area contributed by atoms with E-state index >= 15 is 0 Å². The Morgan fingerprint density at radius 3 is 2.58 bits per heavy atom. The van der Waals surface area contributed by atoms with Crippen LogP contribution in [0.3, 0.4) is 0 Å². The number of aliphatic hydroxyl groups excluding tert-OH is 1. The Bertz CT molecular complexity index is 381. The van der Waals surface area contributed by atoms with Crippen LogP contribution in [0.25, 0.3) is 0 Å². The van der Waals surface area contributed by atoms with Gasteiger partial charge in [0, 0.05) is 12.0 Å². The summed E-state index contributed by atoms with van der Waals surface area (Å²) in [6, 6.07) is 8.14. The number of ether oxygens (including phenoxy) is 1. The Labute approximate surface area is 117 Å². The standard InChI is InChI=1S/C16H27NO2/c1-5-14-9-7-8-10-15(14)19-13(3)11-16(4,12-18)17-6-2/h7-10,13,17-18H,5-6,11-12H2,1-4H3. The maximum Gasteiger partial charge on any atom is 0.122 e. The smallest absolute Gasteiger partial charge is 0.122 e. The number of hydrogen-bond acceptors (Lipinski definition) is 3. The highest BCUT2D eigenvalue weighted by atomic mass is 16.5. The molecule has 1 rings (SSSR count). The highest BCUT2D eigenvalue weighted by Crippen LogP contribution is 2.22. The summed E-state index contributed by atoms with van der Waals surface area (Å²) in [4.78, 5) is 0. The number of benzene rings is 1. The van der Waals surface area contributed by atoms with Crippen LogP contribution in [-0.2, 0) is 6.42 Å². The summed E-state index contributed by atoms with van der Waals surface area (Å²) in [6.07, 6.45) is 1.80. The quantitative estimate of drug-likeness (QED) is 0.759. The van der Waals surface area contributed by atoms with Crippen molar-refractivity contribution in [2.24, 2.45) is 0 Å². The monoisotopic (exact) mass is 265 g/mol. The minimum Gasteiger partial charge on any atom is -0.490 e. The van der Waals surface area contributed by atoms with Crippen LogP contribution >= 0.6 is 0 Å². The summed E-state index contributed by atoms with van der Waals surface area (Å²) in [7, 11) is 0. The van der Waals surface area contributed by atoms with E-state index in [2.05, 4.69) is 25.2 Å². The molecule has 3 nitrogen and oxygen atoms in total. The molecular weight excluding hydrogens is 238 g/mol. The maximum atomic E-state index is 9.51. The molecule has 2 N–H and O–H groups in total. The lowest BCUT2D eigenvalue weighted by Crippen LogP contribution is -2.48. The van der Waals surface area contributed by atoms with E-state index < -0.39 is 0 Å². The van der Waals surface area contributed by atoms with Crippen molar-refractivity contribution < 1.29 is 9.84 Å². The fourth-order valence-electron chi connectivity index (χ4n) is 2.42. The topological polar surface area (TPSA) is 41.5 Å². The third kappa shape index (κ3) is 4.84. The predicted molar refractivity (Wildman–Crippen MR) is 79.7 cm³/mol. The normalized spacial score (nSPS) is 15.8. The van der Waals surface area contributed by atoms with Gasteiger partial charge in [-0.15, -0.1) is 0 Å². The van der Waals surface area contributed by atoms with Gasteiger partial charge in [0.25, 0.3) is 0 Å². The summed E-state index contributed by atoms with van der Waals surface area (Å²) in [5, 5.41) is 12.8. The van der Waals surface area contributed by atoms with E-state index in [4.69, 9.17) is 4.74 Å². The van der Waals surface area contributed by atoms with E-state index in [0.717, 1.165) is 25.1 Å². The molecule has 0 aliphatic rings. The van der Waals surface area contributed by atoms with Crippen molar-refractivity contribution in [3.05, 3.63) is 29.8 Å². The Kier molecular flexibility index (Phi) is 6.32. The number of para-hydroxylation sites is 1. The van der Waals surface area contributed by atoms with Crippen molar-refractivity contribution in [3.63, 3.8) is 0 Å². The molecule has 0 aliphatic carbocycles. The Morgan fingerprint density at radius 1 is 1.32 bits per heavy atom. The highest BCUT2D eigenvalue weighted by molar-refractivity contribution is 5.33. The SMILES string of the molecule is CCNC(C)(CO)CC(C)Oc1ccccc1CC. The van der Waals surface area contributed by atoms with E-state index in [-0.39, 0.29) is 18.2 Å². The van der Waals surface area contributed by atoms with E-state index in [1.54, 1.807) is 0 Å². The molecule has 1 aromatic rings. The zero-order chi connectivity index (χ0) is 14.3. The molecule has 2 unspecified atom stereocenters. The van der Waals surface area contributed by atoms with Crippen LogP contribution in [0.15, 0.2) is 24.3 Å². The first-order chi connectivity index (χ1) is 9.04. The van der Waals surface area contributed by atoms with Gasteiger partial charge in [0.2, 0.25) is 0 Å². The molecule has 0 aromatic heterocycles. The molecule has 19 heavy (non-hydrogen) atoms. The van der Waals surface area contributed by atoms with Crippen LogP contribution in [-0.4, -0.2) is 29.9 Å². The van der Waals surface area contributed by atoms with E-state index in [1.165, 1.54) is 5.56 Å². The average molecular weight is 265 g/mol. The lowest BCUT2D eigenvalue weighted by Gasteiger charge is -2.31. The lowest BCUT2D eigenvalue weighted by atomic mass is 9.95. The first-order valence-electron chi connectivity index (χ1n) is 7.15. The molecule has 108 valence electrons. The molecule has 3 heteroatoms. The molecule has 0 aliphatic heterocycles. The summed E-state index contributed by atoms with van der Waals surface area (Å²) in [5.41, 5.74) is 0.943. The molecule has 0 heterocycles. The second-order valence-corrected chi connectivity index (χ2v) is 5.34. The molecule has 0 amide bonds. The fourth-order valence-corrected chi connectivity index (χ4v) is 2.42. The molecular formula is C16H27NO2. The largest absolute Gasteiger partial charge is 0.490 e. The van der Waals surface area contributed by atoms with Gasteiger partial charge in [-0.05, 0) is 38.4 Å². The van der Waals surface area contributed by atoms with Gasteiger partial charge >= 0.3 is 0 Å². The van der Waals surface area contributed by atoms with Crippen LogP contribution < -0.4 is 10.1 Å². The molecule has 2 atom stereocenters. The van der Waals surface area contributed by atoms with E-state index in [9.17, 15) is 5.11 Å². The maximum absolute atomic E-state index is 9.51. The van der Waals surface area contributed by atoms with Crippen molar-refractivity contribution in [2.45, 2.75) is 52.2 Å². The van der Waals surface area contributed by atoms with Crippen LogP contribution in [0, 0.1) is 0 Å². The summed E-state index contributed by atoms with van der Waals surface area (Å²) in [6.45, 7) is 9.22. The molecule has 0 spiro atoms. The van der Waals surface area contributed by atoms with Gasteiger partial charge in [-0.25, -0.2) is 0 Å². The van der Waals surface area contributed by atoms with Gasteiger partial charge in [-0.2, -0.15) is 0 Å². The predicted octanol–water partition coefficient (Wildman–Crippen LogP) is 2.77. The third-order valence-electron chi connectivity index (χ3n) is 3.37. The highest BCUT2D eigenvalue weighted by Gasteiger charge is 2.25. The summed E-state index contributed by atoms with van der Waals surface area (Å²) in [5.74, 6) is 0.953. The first kappa shape index (κ1) is 16.0. The lowest BCUT2D eigenvalue weighted by molar-refractivity contribution is 0.110. The van der Waals surface area contributed by atoms with Gasteiger partial charge in [-0.3, -0.25) is 0 Å². The fraction of sp³-hybridized carbons (Fsp3) is 0.625.